The Labute approximate surface area is 156 Å². The number of hydrogen-bond acceptors (Lipinski definition) is 4. The molecule has 136 valence electrons. The van der Waals surface area contributed by atoms with Gasteiger partial charge in [-0.2, -0.15) is 8.78 Å². The number of thiophene rings is 1. The summed E-state index contributed by atoms with van der Waals surface area (Å²) in [7, 11) is 1.36. The van der Waals surface area contributed by atoms with E-state index in [0.717, 1.165) is 10.2 Å². The number of carbonyl (C=O) groups is 1. The Hall–Kier alpha value is -1.87. The Bertz CT molecular complexity index is 712. The molecule has 1 aromatic carbocycles. The maximum atomic E-state index is 12.3. The van der Waals surface area contributed by atoms with Crippen LogP contribution < -0.4 is 20.1 Å². The minimum absolute atomic E-state index is 0.0483. The normalized spacial score (nSPS) is 10.6. The molecule has 1 aromatic heterocycles. The van der Waals surface area contributed by atoms with Gasteiger partial charge in [-0.05, 0) is 52.2 Å². The summed E-state index contributed by atoms with van der Waals surface area (Å²) in [6.45, 7) is -2.17. The fraction of sp³-hybridized carbons (Fsp3) is 0.312. The highest BCUT2D eigenvalue weighted by Gasteiger charge is 2.11. The van der Waals surface area contributed by atoms with E-state index in [0.29, 0.717) is 12.1 Å². The highest BCUT2D eigenvalue weighted by atomic mass is 79.9. The van der Waals surface area contributed by atoms with E-state index in [2.05, 4.69) is 31.3 Å². The summed E-state index contributed by atoms with van der Waals surface area (Å²) in [6.07, 6.45) is 0.747. The molecule has 0 unspecified atom stereocenters. The van der Waals surface area contributed by atoms with Gasteiger partial charge in [-0.15, -0.1) is 11.3 Å². The molecule has 9 heteroatoms. The first-order valence-corrected chi connectivity index (χ1v) is 8.96. The lowest BCUT2D eigenvalue weighted by atomic mass is 10.2. The third-order valence-electron chi connectivity index (χ3n) is 3.18. The van der Waals surface area contributed by atoms with Crippen LogP contribution in [0.3, 0.4) is 0 Å². The van der Waals surface area contributed by atoms with Gasteiger partial charge >= 0.3 is 12.6 Å². The first-order chi connectivity index (χ1) is 12.0. The predicted octanol–water partition coefficient (Wildman–Crippen LogP) is 4.16. The smallest absolute Gasteiger partial charge is 0.387 e. The number of methoxy groups -OCH3 is 1. The average Bonchev–Trinajstić information content (AvgIpc) is 2.98. The van der Waals surface area contributed by atoms with E-state index >= 15 is 0 Å². The van der Waals surface area contributed by atoms with Gasteiger partial charge in [-0.1, -0.05) is 6.07 Å². The number of alkyl halides is 2. The second-order valence-corrected chi connectivity index (χ2v) is 7.48. The monoisotopic (exact) mass is 434 g/mol. The maximum absolute atomic E-state index is 12.3. The average molecular weight is 435 g/mol. The van der Waals surface area contributed by atoms with Crippen LogP contribution in [0.25, 0.3) is 0 Å². The fourth-order valence-corrected chi connectivity index (χ4v) is 3.53. The highest BCUT2D eigenvalue weighted by molar-refractivity contribution is 9.11. The van der Waals surface area contributed by atoms with Crippen LogP contribution >= 0.6 is 27.3 Å². The summed E-state index contributed by atoms with van der Waals surface area (Å²) in [5.74, 6) is 0.135. The summed E-state index contributed by atoms with van der Waals surface area (Å²) in [4.78, 5) is 13.0. The minimum atomic E-state index is -2.92. The first kappa shape index (κ1) is 19.5. The van der Waals surface area contributed by atoms with Crippen LogP contribution in [0.5, 0.6) is 11.5 Å². The zero-order valence-corrected chi connectivity index (χ0v) is 15.8. The number of ether oxygens (including phenoxy) is 2. The van der Waals surface area contributed by atoms with E-state index < -0.39 is 6.61 Å². The van der Waals surface area contributed by atoms with Crippen LogP contribution in [0, 0.1) is 0 Å². The number of nitrogens with one attached hydrogen (secondary N) is 2. The van der Waals surface area contributed by atoms with Gasteiger partial charge in [0.05, 0.1) is 10.9 Å². The Balaban J connectivity index is 1.78. The molecule has 0 aliphatic carbocycles. The van der Waals surface area contributed by atoms with Gasteiger partial charge < -0.3 is 20.1 Å². The Kier molecular flexibility index (Phi) is 7.45. The summed E-state index contributed by atoms with van der Waals surface area (Å²) in [5.41, 5.74) is 0.704. The van der Waals surface area contributed by atoms with Crippen molar-refractivity contribution in [1.29, 1.82) is 0 Å². The first-order valence-electron chi connectivity index (χ1n) is 7.35. The van der Waals surface area contributed by atoms with Crippen molar-refractivity contribution in [2.45, 2.75) is 19.6 Å². The Morgan fingerprint density at radius 3 is 2.68 bits per heavy atom. The van der Waals surface area contributed by atoms with E-state index in [9.17, 15) is 13.6 Å². The van der Waals surface area contributed by atoms with E-state index in [1.165, 1.54) is 18.1 Å². The number of hydrogen-bond donors (Lipinski definition) is 2. The van der Waals surface area contributed by atoms with Crippen LogP contribution in [-0.2, 0) is 13.0 Å². The zero-order chi connectivity index (χ0) is 18.2. The summed E-state index contributed by atoms with van der Waals surface area (Å²) in [6, 6.07) is 8.18. The van der Waals surface area contributed by atoms with E-state index in [4.69, 9.17) is 4.74 Å². The van der Waals surface area contributed by atoms with Gasteiger partial charge in [0.2, 0.25) is 0 Å². The molecule has 2 amide bonds. The lowest BCUT2D eigenvalue weighted by Gasteiger charge is -2.12. The second-order valence-electron chi connectivity index (χ2n) is 4.93. The second kappa shape index (κ2) is 9.57. The van der Waals surface area contributed by atoms with Gasteiger partial charge in [0.25, 0.3) is 0 Å². The topological polar surface area (TPSA) is 59.6 Å². The lowest BCUT2D eigenvalue weighted by molar-refractivity contribution is -0.0512. The number of benzene rings is 1. The molecule has 0 atom stereocenters. The van der Waals surface area contributed by atoms with Crippen molar-refractivity contribution in [3.63, 3.8) is 0 Å². The predicted molar refractivity (Wildman–Crippen MR) is 95.6 cm³/mol. The number of carbonyl (C=O) groups excluding carboxylic acids is 1. The van der Waals surface area contributed by atoms with Crippen molar-refractivity contribution in [2.75, 3.05) is 13.7 Å². The molecule has 1 heterocycles. The quantitative estimate of drug-likeness (QED) is 0.655. The summed E-state index contributed by atoms with van der Waals surface area (Å²) < 4.78 is 35.0. The number of amides is 2. The third kappa shape index (κ3) is 6.50. The van der Waals surface area contributed by atoms with E-state index in [1.807, 2.05) is 12.1 Å². The van der Waals surface area contributed by atoms with Gasteiger partial charge in [0.1, 0.15) is 0 Å². The van der Waals surface area contributed by atoms with Crippen LogP contribution in [-0.4, -0.2) is 26.3 Å². The van der Waals surface area contributed by atoms with Crippen molar-refractivity contribution in [2.24, 2.45) is 0 Å². The highest BCUT2D eigenvalue weighted by Crippen LogP contribution is 2.29. The zero-order valence-electron chi connectivity index (χ0n) is 13.4. The molecule has 0 radical (unpaired) electrons. The van der Waals surface area contributed by atoms with E-state index in [1.54, 1.807) is 23.5 Å². The van der Waals surface area contributed by atoms with Crippen molar-refractivity contribution < 1.29 is 23.0 Å². The summed E-state index contributed by atoms with van der Waals surface area (Å²) in [5, 5.41) is 5.46. The fourth-order valence-electron chi connectivity index (χ4n) is 2.05. The Morgan fingerprint density at radius 2 is 2.04 bits per heavy atom. The van der Waals surface area contributed by atoms with Gasteiger partial charge in [-0.3, -0.25) is 0 Å². The number of halogens is 3. The van der Waals surface area contributed by atoms with Crippen molar-refractivity contribution in [3.8, 4) is 11.5 Å². The molecule has 0 bridgehead atoms. The molecule has 0 aliphatic heterocycles. The van der Waals surface area contributed by atoms with Crippen LogP contribution in [0.1, 0.15) is 10.4 Å². The molecule has 2 N–H and O–H groups in total. The molecule has 5 nitrogen and oxygen atoms in total. The molecule has 0 aliphatic rings. The Morgan fingerprint density at radius 1 is 1.24 bits per heavy atom. The van der Waals surface area contributed by atoms with E-state index in [-0.39, 0.29) is 24.1 Å². The van der Waals surface area contributed by atoms with Crippen molar-refractivity contribution in [1.82, 2.24) is 10.6 Å². The van der Waals surface area contributed by atoms with Gasteiger partial charge in [0, 0.05) is 18.0 Å². The number of urea groups is 1. The molecule has 0 saturated carbocycles. The molecule has 0 fully saturated rings. The van der Waals surface area contributed by atoms with Crippen molar-refractivity contribution in [3.05, 3.63) is 44.6 Å². The maximum Gasteiger partial charge on any atom is 0.387 e. The molecule has 2 aromatic rings. The minimum Gasteiger partial charge on any atom is -0.493 e. The lowest BCUT2D eigenvalue weighted by Crippen LogP contribution is -2.36. The largest absolute Gasteiger partial charge is 0.493 e. The SMILES string of the molecule is COc1cc(CNC(=O)NCCc2ccc(Br)s2)ccc1OC(F)F. The van der Waals surface area contributed by atoms with Crippen molar-refractivity contribution >= 4 is 33.3 Å². The van der Waals surface area contributed by atoms with Crippen LogP contribution in [0.15, 0.2) is 34.1 Å². The van der Waals surface area contributed by atoms with Crippen LogP contribution in [0.4, 0.5) is 13.6 Å². The molecular formula is C16H17BrF2N2O3S. The van der Waals surface area contributed by atoms with Gasteiger partial charge in [0.15, 0.2) is 11.5 Å². The number of rotatable bonds is 8. The molecule has 2 rings (SSSR count). The molecule has 0 spiro atoms. The molecule has 25 heavy (non-hydrogen) atoms. The molecular weight excluding hydrogens is 418 g/mol. The standard InChI is InChI=1S/C16H17BrF2N2O3S/c1-23-13-8-10(2-4-12(13)24-15(18)19)9-21-16(22)20-7-6-11-3-5-14(17)25-11/h2-5,8,15H,6-7,9H2,1H3,(H2,20,21,22). The summed E-state index contributed by atoms with van der Waals surface area (Å²) >= 11 is 5.02. The third-order valence-corrected chi connectivity index (χ3v) is 4.87. The van der Waals surface area contributed by atoms with Crippen LogP contribution in [0.2, 0.25) is 0 Å². The van der Waals surface area contributed by atoms with Gasteiger partial charge in [-0.25, -0.2) is 4.79 Å². The molecule has 0 saturated heterocycles.